The van der Waals surface area contributed by atoms with Crippen molar-refractivity contribution in [2.24, 2.45) is 5.10 Å². The molecule has 0 aliphatic rings. The Balaban J connectivity index is 1.82. The van der Waals surface area contributed by atoms with Gasteiger partial charge in [0.1, 0.15) is 11.5 Å². The van der Waals surface area contributed by atoms with Crippen molar-refractivity contribution in [3.8, 4) is 28.7 Å². The second-order valence-corrected chi connectivity index (χ2v) is 8.90. The Morgan fingerprint density at radius 1 is 0.865 bits per heavy atom. The quantitative estimate of drug-likeness (QED) is 0.217. The molecule has 4 aromatic rings. The van der Waals surface area contributed by atoms with Crippen molar-refractivity contribution in [2.75, 3.05) is 40.6 Å². The lowest BCUT2D eigenvalue weighted by molar-refractivity contribution is 0.0987. The van der Waals surface area contributed by atoms with Gasteiger partial charge in [-0.2, -0.15) is 10.1 Å². The van der Waals surface area contributed by atoms with Gasteiger partial charge in [0.15, 0.2) is 11.5 Å². The molecule has 9 nitrogen and oxygen atoms in total. The number of aromatic nitrogens is 1. The summed E-state index contributed by atoms with van der Waals surface area (Å²) < 4.78 is 27.9. The molecule has 1 heterocycles. The minimum atomic E-state index is -0.406. The summed E-state index contributed by atoms with van der Waals surface area (Å²) in [4.78, 5) is 18.5. The van der Waals surface area contributed by atoms with Crippen molar-refractivity contribution in [1.29, 1.82) is 0 Å². The maximum Gasteiger partial charge on any atom is 0.281 e. The van der Waals surface area contributed by atoms with Crippen LogP contribution in [-0.2, 0) is 0 Å². The topological polar surface area (TPSA) is 91.7 Å². The van der Waals surface area contributed by atoms with Gasteiger partial charge in [0.2, 0.25) is 10.9 Å². The predicted molar refractivity (Wildman–Crippen MR) is 144 cm³/mol. The Hall–Kier alpha value is -4.31. The van der Waals surface area contributed by atoms with Crippen molar-refractivity contribution in [1.82, 2.24) is 4.98 Å². The van der Waals surface area contributed by atoms with Crippen LogP contribution in [-0.4, -0.2) is 52.7 Å². The number of amides is 1. The first-order chi connectivity index (χ1) is 17.9. The second kappa shape index (κ2) is 11.2. The number of thiazole rings is 1. The van der Waals surface area contributed by atoms with Gasteiger partial charge in [0, 0.05) is 17.2 Å². The number of hydrogen-bond donors (Lipinski definition) is 0. The standard InChI is InChI=1S/C27H27N3O6S/c1-16-7-8-21-24(9-16)37-27(29-21)30(26(31)18-12-19(32-2)14-20(13-18)33-3)28-15-17-10-22(34-4)25(36-6)23(11-17)35-5/h7-15H,1-6H3/b28-15+. The SMILES string of the molecule is COc1cc(OC)cc(C(=O)N(/N=C/c2cc(OC)c(OC)c(OC)c2)c2nc3ccc(C)cc3s2)c1. The van der Waals surface area contributed by atoms with Gasteiger partial charge in [0.25, 0.3) is 5.91 Å². The molecule has 0 bridgehead atoms. The van der Waals surface area contributed by atoms with Crippen molar-refractivity contribution in [3.05, 3.63) is 65.2 Å². The van der Waals surface area contributed by atoms with Crippen molar-refractivity contribution in [2.45, 2.75) is 6.92 Å². The van der Waals surface area contributed by atoms with Gasteiger partial charge in [-0.25, -0.2) is 4.98 Å². The van der Waals surface area contributed by atoms with Crippen molar-refractivity contribution < 1.29 is 28.5 Å². The lowest BCUT2D eigenvalue weighted by atomic mass is 10.2. The zero-order chi connectivity index (χ0) is 26.5. The predicted octanol–water partition coefficient (Wildman–Crippen LogP) is 5.33. The van der Waals surface area contributed by atoms with E-state index in [1.807, 2.05) is 25.1 Å². The fraction of sp³-hybridized carbons (Fsp3) is 0.222. The number of benzene rings is 3. The smallest absolute Gasteiger partial charge is 0.281 e. The van der Waals surface area contributed by atoms with E-state index in [1.165, 1.54) is 58.1 Å². The Morgan fingerprint density at radius 2 is 1.51 bits per heavy atom. The van der Waals surface area contributed by atoms with Crippen LogP contribution in [0.3, 0.4) is 0 Å². The Labute approximate surface area is 218 Å². The van der Waals surface area contributed by atoms with E-state index in [2.05, 4.69) is 10.1 Å². The van der Waals surface area contributed by atoms with E-state index in [9.17, 15) is 4.79 Å². The molecule has 3 aromatic carbocycles. The molecular formula is C27H27N3O6S. The first-order valence-corrected chi connectivity index (χ1v) is 12.0. The fourth-order valence-corrected chi connectivity index (χ4v) is 4.67. The summed E-state index contributed by atoms with van der Waals surface area (Å²) in [5.41, 5.74) is 2.83. The number of hydrazone groups is 1. The van der Waals surface area contributed by atoms with Crippen LogP contribution in [0.2, 0.25) is 0 Å². The van der Waals surface area contributed by atoms with Gasteiger partial charge in [-0.15, -0.1) is 0 Å². The Bertz CT molecular complexity index is 1420. The molecule has 37 heavy (non-hydrogen) atoms. The molecule has 0 saturated heterocycles. The summed E-state index contributed by atoms with van der Waals surface area (Å²) in [5, 5.41) is 6.22. The second-order valence-electron chi connectivity index (χ2n) is 7.89. The molecule has 10 heteroatoms. The molecule has 4 rings (SSSR count). The van der Waals surface area contributed by atoms with Crippen LogP contribution in [0.5, 0.6) is 28.7 Å². The molecule has 1 amide bonds. The van der Waals surface area contributed by atoms with Gasteiger partial charge in [-0.3, -0.25) is 4.79 Å². The Morgan fingerprint density at radius 3 is 2.08 bits per heavy atom. The average Bonchev–Trinajstić information content (AvgIpc) is 3.34. The number of anilines is 1. The zero-order valence-electron chi connectivity index (χ0n) is 21.4. The first-order valence-electron chi connectivity index (χ1n) is 11.2. The van der Waals surface area contributed by atoms with Gasteiger partial charge in [-0.05, 0) is 48.9 Å². The van der Waals surface area contributed by atoms with E-state index in [4.69, 9.17) is 23.7 Å². The molecule has 192 valence electrons. The van der Waals surface area contributed by atoms with Crippen molar-refractivity contribution in [3.63, 3.8) is 0 Å². The third-order valence-corrected chi connectivity index (χ3v) is 6.51. The van der Waals surface area contributed by atoms with Gasteiger partial charge >= 0.3 is 0 Å². The van der Waals surface area contributed by atoms with E-state index < -0.39 is 5.91 Å². The largest absolute Gasteiger partial charge is 0.497 e. The summed E-state index contributed by atoms with van der Waals surface area (Å²) in [6.07, 6.45) is 1.54. The highest BCUT2D eigenvalue weighted by molar-refractivity contribution is 7.22. The van der Waals surface area contributed by atoms with E-state index in [1.54, 1.807) is 30.3 Å². The Kier molecular flexibility index (Phi) is 7.78. The minimum Gasteiger partial charge on any atom is -0.497 e. The van der Waals surface area contributed by atoms with Crippen LogP contribution in [0.15, 0.2) is 53.6 Å². The molecular weight excluding hydrogens is 494 g/mol. The zero-order valence-corrected chi connectivity index (χ0v) is 22.2. The van der Waals surface area contributed by atoms with E-state index in [-0.39, 0.29) is 0 Å². The van der Waals surface area contributed by atoms with E-state index in [0.717, 1.165) is 15.8 Å². The lowest BCUT2D eigenvalue weighted by Crippen LogP contribution is -2.25. The third-order valence-electron chi connectivity index (χ3n) is 5.51. The van der Waals surface area contributed by atoms with Crippen LogP contribution in [0.25, 0.3) is 10.2 Å². The number of fused-ring (bicyclic) bond motifs is 1. The number of carbonyl (C=O) groups excluding carboxylic acids is 1. The highest BCUT2D eigenvalue weighted by Gasteiger charge is 2.23. The molecule has 0 aliphatic carbocycles. The molecule has 0 fully saturated rings. The number of nitrogens with zero attached hydrogens (tertiary/aromatic N) is 3. The highest BCUT2D eigenvalue weighted by atomic mass is 32.1. The lowest BCUT2D eigenvalue weighted by Gasteiger charge is -2.16. The minimum absolute atomic E-state index is 0.327. The number of carbonyl (C=O) groups is 1. The van der Waals surface area contributed by atoms with Gasteiger partial charge < -0.3 is 23.7 Å². The monoisotopic (exact) mass is 521 g/mol. The molecule has 0 radical (unpaired) electrons. The maximum absolute atomic E-state index is 13.8. The third kappa shape index (κ3) is 5.44. The summed E-state index contributed by atoms with van der Waals surface area (Å²) in [5.74, 6) is 1.95. The maximum atomic E-state index is 13.8. The van der Waals surface area contributed by atoms with Crippen LogP contribution >= 0.6 is 11.3 Å². The highest BCUT2D eigenvalue weighted by Crippen LogP contribution is 2.38. The fourth-order valence-electron chi connectivity index (χ4n) is 3.65. The normalized spacial score (nSPS) is 11.0. The summed E-state index contributed by atoms with van der Waals surface area (Å²) in [6, 6.07) is 14.4. The molecule has 0 saturated carbocycles. The summed E-state index contributed by atoms with van der Waals surface area (Å²) in [6.45, 7) is 2.01. The summed E-state index contributed by atoms with van der Waals surface area (Å²) >= 11 is 1.37. The first kappa shape index (κ1) is 25.8. The molecule has 0 atom stereocenters. The summed E-state index contributed by atoms with van der Waals surface area (Å²) in [7, 11) is 7.66. The molecule has 1 aromatic heterocycles. The van der Waals surface area contributed by atoms with E-state index in [0.29, 0.717) is 45.0 Å². The molecule has 0 spiro atoms. The number of rotatable bonds is 9. The number of methoxy groups -OCH3 is 5. The number of ether oxygens (including phenoxy) is 5. The van der Waals surface area contributed by atoms with Crippen LogP contribution < -0.4 is 28.7 Å². The van der Waals surface area contributed by atoms with Gasteiger partial charge in [-0.1, -0.05) is 17.4 Å². The van der Waals surface area contributed by atoms with E-state index >= 15 is 0 Å². The number of aryl methyl sites for hydroxylation is 1. The molecule has 0 N–H and O–H groups in total. The molecule has 0 aliphatic heterocycles. The van der Waals surface area contributed by atoms with Crippen LogP contribution in [0.1, 0.15) is 21.5 Å². The van der Waals surface area contributed by atoms with Gasteiger partial charge in [0.05, 0.1) is 52.0 Å². The average molecular weight is 522 g/mol. The van der Waals surface area contributed by atoms with Crippen LogP contribution in [0.4, 0.5) is 5.13 Å². The van der Waals surface area contributed by atoms with Crippen molar-refractivity contribution >= 4 is 38.8 Å². The van der Waals surface area contributed by atoms with Crippen LogP contribution in [0, 0.1) is 6.92 Å². The molecule has 0 unspecified atom stereocenters. The number of hydrogen-bond acceptors (Lipinski definition) is 9.